The highest BCUT2D eigenvalue weighted by molar-refractivity contribution is 6.23. The third kappa shape index (κ3) is 6.04. The molecule has 4 heteroatoms. The van der Waals surface area contributed by atoms with Crippen molar-refractivity contribution in [3.05, 3.63) is 175 Å². The van der Waals surface area contributed by atoms with Gasteiger partial charge in [0.2, 0.25) is 0 Å². The first-order valence-corrected chi connectivity index (χ1v) is 17.1. The molecule has 8 rings (SSSR count). The standard InChI is InChI=1S/C46H36N4/c1-3-12-44(32-13-5-4-6-14-32)50-49-31(2)33-15-9-16-34(27-33)35-17-10-18-36(28-35)37-19-11-20-38(29-37)39-23-24-42-43(30-39)40-21-7-8-22-41(40)45-46(42)48-26-25-47-45/h4-30,50H,3H2,1-2H3/b44-12+,49-31+. The monoisotopic (exact) mass is 644 g/mol. The molecule has 7 aromatic carbocycles. The van der Waals surface area contributed by atoms with Crippen molar-refractivity contribution in [2.45, 2.75) is 20.3 Å². The van der Waals surface area contributed by atoms with E-state index in [4.69, 9.17) is 10.1 Å². The van der Waals surface area contributed by atoms with Gasteiger partial charge in [0, 0.05) is 23.2 Å². The van der Waals surface area contributed by atoms with Gasteiger partial charge >= 0.3 is 0 Å². The number of rotatable bonds is 8. The number of hydrazone groups is 1. The summed E-state index contributed by atoms with van der Waals surface area (Å²) in [6.45, 7) is 4.19. The number of hydrogen-bond acceptors (Lipinski definition) is 4. The predicted molar refractivity (Wildman–Crippen MR) is 211 cm³/mol. The maximum atomic E-state index is 4.77. The Hall–Kier alpha value is -6.39. The molecule has 0 aliphatic rings. The van der Waals surface area contributed by atoms with Crippen LogP contribution in [0.2, 0.25) is 0 Å². The molecule has 0 radical (unpaired) electrons. The van der Waals surface area contributed by atoms with E-state index in [1.165, 1.54) is 33.0 Å². The van der Waals surface area contributed by atoms with Crippen LogP contribution in [0, 0.1) is 0 Å². The quantitative estimate of drug-likeness (QED) is 0.102. The van der Waals surface area contributed by atoms with Gasteiger partial charge in [-0.05, 0) is 92.9 Å². The van der Waals surface area contributed by atoms with Crippen molar-refractivity contribution in [1.82, 2.24) is 15.4 Å². The van der Waals surface area contributed by atoms with Crippen LogP contribution in [0.5, 0.6) is 0 Å². The number of nitrogens with zero attached hydrogens (tertiary/aromatic N) is 3. The van der Waals surface area contributed by atoms with Crippen molar-refractivity contribution in [3.63, 3.8) is 0 Å². The summed E-state index contributed by atoms with van der Waals surface area (Å²) in [5, 5.41) is 9.38. The largest absolute Gasteiger partial charge is 0.278 e. The van der Waals surface area contributed by atoms with Crippen LogP contribution in [0.25, 0.3) is 71.7 Å². The number of benzene rings is 7. The third-order valence-electron chi connectivity index (χ3n) is 9.29. The van der Waals surface area contributed by atoms with Crippen LogP contribution >= 0.6 is 0 Å². The van der Waals surface area contributed by atoms with E-state index >= 15 is 0 Å². The lowest BCUT2D eigenvalue weighted by Crippen LogP contribution is -2.08. The first kappa shape index (κ1) is 30.9. The molecule has 0 bridgehead atoms. The summed E-state index contributed by atoms with van der Waals surface area (Å²) >= 11 is 0. The Bertz CT molecular complexity index is 2530. The zero-order valence-electron chi connectivity index (χ0n) is 28.1. The van der Waals surface area contributed by atoms with E-state index in [-0.39, 0.29) is 0 Å². The molecule has 0 saturated carbocycles. The first-order valence-electron chi connectivity index (χ1n) is 17.1. The molecule has 0 saturated heterocycles. The van der Waals surface area contributed by atoms with Gasteiger partial charge in [-0.25, -0.2) is 0 Å². The number of nitrogens with one attached hydrogen (secondary N) is 1. The van der Waals surface area contributed by atoms with Crippen molar-refractivity contribution in [3.8, 4) is 33.4 Å². The molecule has 4 nitrogen and oxygen atoms in total. The lowest BCUT2D eigenvalue weighted by molar-refractivity contribution is 0.978. The highest BCUT2D eigenvalue weighted by Crippen LogP contribution is 2.36. The molecule has 8 aromatic rings. The van der Waals surface area contributed by atoms with E-state index in [9.17, 15) is 0 Å². The molecular formula is C46H36N4. The normalized spacial score (nSPS) is 12.1. The second-order valence-corrected chi connectivity index (χ2v) is 12.5. The van der Waals surface area contributed by atoms with Gasteiger partial charge in [0.15, 0.2) is 0 Å². The second-order valence-electron chi connectivity index (χ2n) is 12.5. The molecule has 1 aromatic heterocycles. The maximum absolute atomic E-state index is 4.77. The Morgan fingerprint density at radius 3 is 1.68 bits per heavy atom. The lowest BCUT2D eigenvalue weighted by atomic mass is 9.93. The Morgan fingerprint density at radius 2 is 1.04 bits per heavy atom. The third-order valence-corrected chi connectivity index (χ3v) is 9.29. The minimum Gasteiger partial charge on any atom is -0.278 e. The highest BCUT2D eigenvalue weighted by Gasteiger charge is 2.12. The van der Waals surface area contributed by atoms with Gasteiger partial charge in [0.05, 0.1) is 22.4 Å². The summed E-state index contributed by atoms with van der Waals surface area (Å²) in [5.41, 5.74) is 16.3. The molecule has 0 atom stereocenters. The molecule has 0 amide bonds. The number of allylic oxidation sites excluding steroid dienone is 1. The maximum Gasteiger partial charge on any atom is 0.0971 e. The lowest BCUT2D eigenvalue weighted by Gasteiger charge is -2.12. The summed E-state index contributed by atoms with van der Waals surface area (Å²) in [5.74, 6) is 0. The Kier molecular flexibility index (Phi) is 8.42. The summed E-state index contributed by atoms with van der Waals surface area (Å²) in [4.78, 5) is 9.41. The zero-order chi connectivity index (χ0) is 33.9. The Morgan fingerprint density at radius 1 is 0.520 bits per heavy atom. The Balaban J connectivity index is 1.10. The van der Waals surface area contributed by atoms with Crippen LogP contribution in [0.1, 0.15) is 31.4 Å². The Labute approximate surface area is 292 Å². The fourth-order valence-corrected chi connectivity index (χ4v) is 6.75. The molecule has 1 heterocycles. The van der Waals surface area contributed by atoms with E-state index in [2.05, 4.69) is 151 Å². The summed E-state index contributed by atoms with van der Waals surface area (Å²) in [7, 11) is 0. The molecule has 0 spiro atoms. The van der Waals surface area contributed by atoms with Crippen LogP contribution in [-0.4, -0.2) is 15.7 Å². The van der Waals surface area contributed by atoms with Gasteiger partial charge in [0.25, 0.3) is 0 Å². The molecule has 50 heavy (non-hydrogen) atoms. The fourth-order valence-electron chi connectivity index (χ4n) is 6.75. The van der Waals surface area contributed by atoms with Crippen LogP contribution < -0.4 is 5.43 Å². The first-order chi connectivity index (χ1) is 24.7. The highest BCUT2D eigenvalue weighted by atomic mass is 15.3. The van der Waals surface area contributed by atoms with Crippen molar-refractivity contribution < 1.29 is 0 Å². The van der Waals surface area contributed by atoms with Gasteiger partial charge in [-0.2, -0.15) is 5.10 Å². The fraction of sp³-hybridized carbons (Fsp3) is 0.0652. The van der Waals surface area contributed by atoms with E-state index in [0.29, 0.717) is 0 Å². The summed E-state index contributed by atoms with van der Waals surface area (Å²) in [6, 6.07) is 51.7. The zero-order valence-corrected chi connectivity index (χ0v) is 28.1. The van der Waals surface area contributed by atoms with Crippen LogP contribution in [0.3, 0.4) is 0 Å². The average molecular weight is 645 g/mol. The molecule has 240 valence electrons. The van der Waals surface area contributed by atoms with Gasteiger partial charge < -0.3 is 0 Å². The minimum atomic E-state index is 0.924. The van der Waals surface area contributed by atoms with Crippen LogP contribution in [-0.2, 0) is 0 Å². The second kappa shape index (κ2) is 13.6. The smallest absolute Gasteiger partial charge is 0.0971 e. The van der Waals surface area contributed by atoms with Gasteiger partial charge in [0.1, 0.15) is 0 Å². The minimum absolute atomic E-state index is 0.924. The van der Waals surface area contributed by atoms with Crippen molar-refractivity contribution in [1.29, 1.82) is 0 Å². The van der Waals surface area contributed by atoms with Crippen molar-refractivity contribution >= 4 is 44.0 Å². The van der Waals surface area contributed by atoms with Crippen molar-refractivity contribution in [2.75, 3.05) is 0 Å². The number of fused-ring (bicyclic) bond motifs is 6. The van der Waals surface area contributed by atoms with Crippen LogP contribution in [0.15, 0.2) is 169 Å². The van der Waals surface area contributed by atoms with Crippen molar-refractivity contribution in [2.24, 2.45) is 5.10 Å². The van der Waals surface area contributed by atoms with Gasteiger partial charge in [-0.3, -0.25) is 15.4 Å². The molecule has 0 fully saturated rings. The van der Waals surface area contributed by atoms with Crippen LogP contribution in [0.4, 0.5) is 0 Å². The topological polar surface area (TPSA) is 50.2 Å². The summed E-state index contributed by atoms with van der Waals surface area (Å²) < 4.78 is 0. The van der Waals surface area contributed by atoms with E-state index in [0.717, 1.165) is 61.9 Å². The number of aromatic nitrogens is 2. The molecule has 0 unspecified atom stereocenters. The van der Waals surface area contributed by atoms with E-state index in [1.54, 1.807) is 12.4 Å². The van der Waals surface area contributed by atoms with E-state index in [1.807, 2.05) is 25.1 Å². The van der Waals surface area contributed by atoms with Gasteiger partial charge in [-0.15, -0.1) is 0 Å². The van der Waals surface area contributed by atoms with Gasteiger partial charge in [-0.1, -0.05) is 134 Å². The number of hydrogen-bond donors (Lipinski definition) is 1. The predicted octanol–water partition coefficient (Wildman–Crippen LogP) is 11.7. The average Bonchev–Trinajstić information content (AvgIpc) is 3.20. The van der Waals surface area contributed by atoms with E-state index < -0.39 is 0 Å². The molecule has 0 aliphatic carbocycles. The summed E-state index contributed by atoms with van der Waals surface area (Å²) in [6.07, 6.45) is 6.64. The molecule has 1 N–H and O–H groups in total. The molecular weight excluding hydrogens is 609 g/mol. The molecule has 0 aliphatic heterocycles. The SMILES string of the molecule is CC/C=C(/N/N=C(\C)c1cccc(-c2cccc(-c3cccc(-c4ccc5c(c4)c4ccccc4c4nccnc54)c3)c2)c1)c1ccccc1.